The number of methoxy groups -OCH3 is 1. The molecule has 1 aliphatic rings. The number of ketones is 1. The molecule has 0 aromatic heterocycles. The van der Waals surface area contributed by atoms with Gasteiger partial charge in [-0.2, -0.15) is 0 Å². The third kappa shape index (κ3) is 2.18. The largest absolute Gasteiger partial charge is 0.497 e. The molecule has 1 aliphatic heterocycles. The normalized spacial score (nSPS) is 15.1. The van der Waals surface area contributed by atoms with Crippen molar-refractivity contribution < 1.29 is 14.3 Å². The van der Waals surface area contributed by atoms with Crippen LogP contribution in [0.3, 0.4) is 0 Å². The zero-order chi connectivity index (χ0) is 14.1. The molecule has 100 valence electrons. The Morgan fingerprint density at radius 1 is 1.15 bits per heavy atom. The second-order valence-electron chi connectivity index (χ2n) is 4.72. The molecule has 0 saturated carbocycles. The third-order valence-electron chi connectivity index (χ3n) is 3.22. The number of ether oxygens (including phenoxy) is 2. The lowest BCUT2D eigenvalue weighted by Gasteiger charge is -2.01. The van der Waals surface area contributed by atoms with E-state index >= 15 is 0 Å². The number of benzene rings is 2. The Kier molecular flexibility index (Phi) is 3.03. The van der Waals surface area contributed by atoms with Crippen LogP contribution in [-0.2, 0) is 0 Å². The summed E-state index contributed by atoms with van der Waals surface area (Å²) in [7, 11) is 1.59. The van der Waals surface area contributed by atoms with E-state index in [9.17, 15) is 4.79 Å². The van der Waals surface area contributed by atoms with E-state index in [0.29, 0.717) is 22.8 Å². The molecule has 0 unspecified atom stereocenters. The molecule has 1 heterocycles. The minimum absolute atomic E-state index is 0.0934. The van der Waals surface area contributed by atoms with Crippen LogP contribution in [0, 0.1) is 6.92 Å². The lowest BCUT2D eigenvalue weighted by Crippen LogP contribution is -1.98. The first-order valence-electron chi connectivity index (χ1n) is 6.36. The summed E-state index contributed by atoms with van der Waals surface area (Å²) in [6.45, 7) is 2.01. The van der Waals surface area contributed by atoms with Crippen molar-refractivity contribution in [2.24, 2.45) is 0 Å². The average Bonchev–Trinajstić information content (AvgIpc) is 2.75. The van der Waals surface area contributed by atoms with E-state index in [-0.39, 0.29) is 5.78 Å². The summed E-state index contributed by atoms with van der Waals surface area (Å²) in [5.74, 6) is 1.48. The van der Waals surface area contributed by atoms with Gasteiger partial charge in [-0.1, -0.05) is 29.8 Å². The molecular formula is C17H14O3. The van der Waals surface area contributed by atoms with Crippen LogP contribution in [0.15, 0.2) is 48.2 Å². The molecule has 0 fully saturated rings. The van der Waals surface area contributed by atoms with Crippen molar-refractivity contribution in [2.45, 2.75) is 6.92 Å². The van der Waals surface area contributed by atoms with Crippen LogP contribution in [0.4, 0.5) is 0 Å². The summed E-state index contributed by atoms with van der Waals surface area (Å²) in [4.78, 5) is 12.3. The average molecular weight is 266 g/mol. The second-order valence-corrected chi connectivity index (χ2v) is 4.72. The maximum absolute atomic E-state index is 12.3. The number of carbonyl (C=O) groups excluding carboxylic acids is 1. The van der Waals surface area contributed by atoms with E-state index in [1.54, 1.807) is 31.4 Å². The van der Waals surface area contributed by atoms with E-state index in [1.807, 2.05) is 31.2 Å². The summed E-state index contributed by atoms with van der Waals surface area (Å²) >= 11 is 0. The number of carbonyl (C=O) groups is 1. The highest BCUT2D eigenvalue weighted by atomic mass is 16.5. The van der Waals surface area contributed by atoms with Gasteiger partial charge in [-0.25, -0.2) is 0 Å². The van der Waals surface area contributed by atoms with Gasteiger partial charge >= 0.3 is 0 Å². The van der Waals surface area contributed by atoms with Gasteiger partial charge in [0, 0.05) is 6.07 Å². The minimum Gasteiger partial charge on any atom is -0.497 e. The van der Waals surface area contributed by atoms with Crippen molar-refractivity contribution in [3.63, 3.8) is 0 Å². The van der Waals surface area contributed by atoms with Crippen molar-refractivity contribution in [3.05, 3.63) is 64.9 Å². The SMILES string of the molecule is COc1ccc2c(c1)O/C(=C\c1cccc(C)c1)C2=O. The second kappa shape index (κ2) is 4.85. The fourth-order valence-corrected chi connectivity index (χ4v) is 2.21. The molecule has 0 amide bonds. The Labute approximate surface area is 117 Å². The molecular weight excluding hydrogens is 252 g/mol. The molecule has 3 heteroatoms. The zero-order valence-electron chi connectivity index (χ0n) is 11.3. The number of hydrogen-bond donors (Lipinski definition) is 0. The fraction of sp³-hybridized carbons (Fsp3) is 0.118. The van der Waals surface area contributed by atoms with Crippen LogP contribution >= 0.6 is 0 Å². The highest BCUT2D eigenvalue weighted by molar-refractivity contribution is 6.14. The summed E-state index contributed by atoms with van der Waals surface area (Å²) in [6.07, 6.45) is 1.77. The van der Waals surface area contributed by atoms with Crippen molar-refractivity contribution in [2.75, 3.05) is 7.11 Å². The Hall–Kier alpha value is -2.55. The fourth-order valence-electron chi connectivity index (χ4n) is 2.21. The summed E-state index contributed by atoms with van der Waals surface area (Å²) < 4.78 is 10.8. The first-order chi connectivity index (χ1) is 9.67. The molecule has 0 atom stereocenters. The molecule has 3 nitrogen and oxygen atoms in total. The number of hydrogen-bond acceptors (Lipinski definition) is 3. The van der Waals surface area contributed by atoms with E-state index < -0.39 is 0 Å². The van der Waals surface area contributed by atoms with Gasteiger partial charge in [0.2, 0.25) is 5.78 Å². The Morgan fingerprint density at radius 3 is 2.75 bits per heavy atom. The van der Waals surface area contributed by atoms with Gasteiger partial charge in [-0.3, -0.25) is 4.79 Å². The van der Waals surface area contributed by atoms with Gasteiger partial charge in [0.15, 0.2) is 5.76 Å². The van der Waals surface area contributed by atoms with Crippen LogP contribution in [0.25, 0.3) is 6.08 Å². The maximum Gasteiger partial charge on any atom is 0.231 e. The van der Waals surface area contributed by atoms with Gasteiger partial charge in [-0.05, 0) is 30.7 Å². The van der Waals surface area contributed by atoms with Crippen molar-refractivity contribution >= 4 is 11.9 Å². The predicted octanol–water partition coefficient (Wildman–Crippen LogP) is 3.62. The summed E-state index contributed by atoms with van der Waals surface area (Å²) in [5, 5.41) is 0. The molecule has 2 aromatic rings. The molecule has 20 heavy (non-hydrogen) atoms. The molecule has 0 bridgehead atoms. The van der Waals surface area contributed by atoms with Crippen molar-refractivity contribution in [1.82, 2.24) is 0 Å². The van der Waals surface area contributed by atoms with Gasteiger partial charge in [0.05, 0.1) is 12.7 Å². The lowest BCUT2D eigenvalue weighted by molar-refractivity contribution is 0.101. The van der Waals surface area contributed by atoms with Crippen LogP contribution in [0.1, 0.15) is 21.5 Å². The first-order valence-corrected chi connectivity index (χ1v) is 6.36. The zero-order valence-corrected chi connectivity index (χ0v) is 11.3. The van der Waals surface area contributed by atoms with Crippen molar-refractivity contribution in [1.29, 1.82) is 0 Å². The van der Waals surface area contributed by atoms with Gasteiger partial charge in [0.1, 0.15) is 11.5 Å². The number of allylic oxidation sites excluding steroid dienone is 1. The minimum atomic E-state index is -0.0934. The smallest absolute Gasteiger partial charge is 0.231 e. The van der Waals surface area contributed by atoms with E-state index in [2.05, 4.69) is 0 Å². The van der Waals surface area contributed by atoms with Crippen LogP contribution in [0.2, 0.25) is 0 Å². The van der Waals surface area contributed by atoms with E-state index in [1.165, 1.54) is 0 Å². The Morgan fingerprint density at radius 2 is 2.00 bits per heavy atom. The molecule has 0 N–H and O–H groups in total. The number of aryl methyl sites for hydroxylation is 1. The molecule has 2 aromatic carbocycles. The molecule has 0 radical (unpaired) electrons. The van der Waals surface area contributed by atoms with Crippen molar-refractivity contribution in [3.8, 4) is 11.5 Å². The van der Waals surface area contributed by atoms with Crippen LogP contribution < -0.4 is 9.47 Å². The summed E-state index contributed by atoms with van der Waals surface area (Å²) in [6, 6.07) is 13.1. The highest BCUT2D eigenvalue weighted by Gasteiger charge is 2.27. The molecule has 0 spiro atoms. The Balaban J connectivity index is 1.97. The van der Waals surface area contributed by atoms with Crippen LogP contribution in [-0.4, -0.2) is 12.9 Å². The maximum atomic E-state index is 12.3. The van der Waals surface area contributed by atoms with Gasteiger partial charge < -0.3 is 9.47 Å². The van der Waals surface area contributed by atoms with E-state index in [0.717, 1.165) is 11.1 Å². The molecule has 0 saturated heterocycles. The third-order valence-corrected chi connectivity index (χ3v) is 3.22. The Bertz CT molecular complexity index is 714. The molecule has 3 rings (SSSR count). The summed E-state index contributed by atoms with van der Waals surface area (Å²) in [5.41, 5.74) is 2.67. The topological polar surface area (TPSA) is 35.5 Å². The number of Topliss-reactive ketones (excluding diaryl/α,β-unsaturated/α-hetero) is 1. The van der Waals surface area contributed by atoms with E-state index in [4.69, 9.17) is 9.47 Å². The number of fused-ring (bicyclic) bond motifs is 1. The predicted molar refractivity (Wildman–Crippen MR) is 77.1 cm³/mol. The van der Waals surface area contributed by atoms with Gasteiger partial charge in [0.25, 0.3) is 0 Å². The lowest BCUT2D eigenvalue weighted by atomic mass is 10.1. The van der Waals surface area contributed by atoms with Gasteiger partial charge in [-0.15, -0.1) is 0 Å². The molecule has 0 aliphatic carbocycles. The number of rotatable bonds is 2. The standard InChI is InChI=1S/C17H14O3/c1-11-4-3-5-12(8-11)9-16-17(18)14-7-6-13(19-2)10-15(14)20-16/h3-10H,1-2H3/b16-9-. The quantitative estimate of drug-likeness (QED) is 0.779. The highest BCUT2D eigenvalue weighted by Crippen LogP contribution is 2.34. The monoisotopic (exact) mass is 266 g/mol. The van der Waals surface area contributed by atoms with Crippen LogP contribution in [0.5, 0.6) is 11.5 Å². The first kappa shape index (κ1) is 12.5.